The molecule has 0 aromatic heterocycles. The van der Waals surface area contributed by atoms with Gasteiger partial charge >= 0.3 is 0 Å². The molecule has 3 aliphatic heterocycles. The summed E-state index contributed by atoms with van der Waals surface area (Å²) in [4.78, 5) is 24.6. The van der Waals surface area contributed by atoms with Gasteiger partial charge in [0.15, 0.2) is 0 Å². The minimum absolute atomic E-state index is 0.0773. The highest BCUT2D eigenvalue weighted by atomic mass is 32.2. The number of ether oxygens (including phenoxy) is 1. The molecule has 3 heterocycles. The first-order chi connectivity index (χ1) is 14.6. The van der Waals surface area contributed by atoms with Gasteiger partial charge < -0.3 is 15.2 Å². The number of nitrogens with one attached hydrogen (secondary N) is 1. The fourth-order valence-corrected chi connectivity index (χ4v) is 6.51. The van der Waals surface area contributed by atoms with E-state index in [0.29, 0.717) is 17.9 Å². The maximum absolute atomic E-state index is 12.3. The summed E-state index contributed by atoms with van der Waals surface area (Å²) in [6.07, 6.45) is 6.13. The summed E-state index contributed by atoms with van der Waals surface area (Å²) in [6, 6.07) is 10.7. The van der Waals surface area contributed by atoms with Gasteiger partial charge in [-0.25, -0.2) is 0 Å². The Kier molecular flexibility index (Phi) is 7.01. The lowest BCUT2D eigenvalue weighted by Crippen LogP contribution is -2.44. The molecule has 1 spiro atoms. The quantitative estimate of drug-likeness (QED) is 0.510. The third-order valence-electron chi connectivity index (χ3n) is 7.26. The molecule has 1 aliphatic carbocycles. The number of carbonyl (C=O) groups is 2. The van der Waals surface area contributed by atoms with Crippen molar-refractivity contribution in [1.29, 1.82) is 0 Å². The van der Waals surface area contributed by atoms with Crippen molar-refractivity contribution in [3.63, 3.8) is 0 Å². The van der Waals surface area contributed by atoms with E-state index in [0.717, 1.165) is 44.8 Å². The predicted octanol–water partition coefficient (Wildman–Crippen LogP) is 2.88. The summed E-state index contributed by atoms with van der Waals surface area (Å²) < 4.78 is 6.52. The van der Waals surface area contributed by atoms with Crippen LogP contribution in [0.15, 0.2) is 35.2 Å². The van der Waals surface area contributed by atoms with Gasteiger partial charge in [0.25, 0.3) is 6.47 Å². The van der Waals surface area contributed by atoms with Crippen molar-refractivity contribution < 1.29 is 19.4 Å². The molecular weight excluding hydrogens is 400 g/mol. The van der Waals surface area contributed by atoms with E-state index < -0.39 is 0 Å². The number of hydrogen-bond donors (Lipinski definition) is 2. The molecule has 0 radical (unpaired) electrons. The second-order valence-electron chi connectivity index (χ2n) is 8.91. The molecule has 5 rings (SSSR count). The molecule has 1 amide bonds. The lowest BCUT2D eigenvalue weighted by molar-refractivity contribution is -0.127. The van der Waals surface area contributed by atoms with E-state index >= 15 is 0 Å². The van der Waals surface area contributed by atoms with Crippen LogP contribution in [-0.4, -0.2) is 66.0 Å². The number of hydrogen-bond acceptors (Lipinski definition) is 5. The van der Waals surface area contributed by atoms with Gasteiger partial charge in [0.1, 0.15) is 0 Å². The molecule has 164 valence electrons. The second-order valence-corrected chi connectivity index (χ2v) is 10.1. The van der Waals surface area contributed by atoms with Crippen molar-refractivity contribution in [2.24, 2.45) is 17.8 Å². The van der Waals surface area contributed by atoms with Crippen molar-refractivity contribution in [2.45, 2.75) is 48.7 Å². The average molecular weight is 433 g/mol. The number of likely N-dealkylation sites (tertiary alicyclic amines) is 1. The van der Waals surface area contributed by atoms with Crippen LogP contribution in [0.4, 0.5) is 0 Å². The van der Waals surface area contributed by atoms with Crippen molar-refractivity contribution in [1.82, 2.24) is 10.2 Å². The highest BCUT2D eigenvalue weighted by Crippen LogP contribution is 2.54. The van der Waals surface area contributed by atoms with E-state index in [-0.39, 0.29) is 23.9 Å². The third kappa shape index (κ3) is 4.53. The first-order valence-corrected chi connectivity index (χ1v) is 12.1. The summed E-state index contributed by atoms with van der Waals surface area (Å²) in [5.74, 6) is 2.80. The Labute approximate surface area is 182 Å². The highest BCUT2D eigenvalue weighted by Gasteiger charge is 2.62. The summed E-state index contributed by atoms with van der Waals surface area (Å²) in [7, 11) is 0. The molecule has 4 atom stereocenters. The van der Waals surface area contributed by atoms with Crippen LogP contribution in [0.5, 0.6) is 0 Å². The molecule has 1 saturated carbocycles. The molecule has 7 heteroatoms. The average Bonchev–Trinajstić information content (AvgIpc) is 3.35. The SMILES string of the molecule is O=C(NC[C@H]1[C@H]2CN(CCSc3ccccc3)C[C@]23CC[C@H]1O3)C1CCC1.O=CO. The molecule has 2 bridgehead atoms. The molecule has 30 heavy (non-hydrogen) atoms. The van der Waals surface area contributed by atoms with Gasteiger partial charge in [-0.05, 0) is 37.8 Å². The van der Waals surface area contributed by atoms with E-state index in [1.54, 1.807) is 0 Å². The maximum Gasteiger partial charge on any atom is 0.290 e. The Morgan fingerprint density at radius 1 is 1.30 bits per heavy atom. The Morgan fingerprint density at radius 2 is 2.07 bits per heavy atom. The van der Waals surface area contributed by atoms with Crippen LogP contribution >= 0.6 is 11.8 Å². The molecular formula is C23H32N2O4S. The summed E-state index contributed by atoms with van der Waals surface area (Å²) in [5, 5.41) is 10.1. The fraction of sp³-hybridized carbons (Fsp3) is 0.652. The zero-order chi connectivity index (χ0) is 21.0. The first-order valence-electron chi connectivity index (χ1n) is 11.1. The molecule has 4 fully saturated rings. The van der Waals surface area contributed by atoms with Crippen molar-refractivity contribution in [3.8, 4) is 0 Å². The van der Waals surface area contributed by atoms with E-state index in [4.69, 9.17) is 14.6 Å². The van der Waals surface area contributed by atoms with Crippen LogP contribution in [0.25, 0.3) is 0 Å². The van der Waals surface area contributed by atoms with E-state index in [1.807, 2.05) is 11.8 Å². The molecule has 3 saturated heterocycles. The molecule has 0 unspecified atom stereocenters. The zero-order valence-electron chi connectivity index (χ0n) is 17.4. The van der Waals surface area contributed by atoms with E-state index in [2.05, 4.69) is 40.5 Å². The summed E-state index contributed by atoms with van der Waals surface area (Å²) >= 11 is 1.94. The van der Waals surface area contributed by atoms with Gasteiger partial charge in [0.2, 0.25) is 5.91 Å². The lowest BCUT2D eigenvalue weighted by atomic mass is 9.73. The Balaban J connectivity index is 0.000000687. The summed E-state index contributed by atoms with van der Waals surface area (Å²) in [5.41, 5.74) is 0.0773. The number of thioether (sulfide) groups is 1. The van der Waals surface area contributed by atoms with Gasteiger partial charge in [-0.1, -0.05) is 24.6 Å². The van der Waals surface area contributed by atoms with Gasteiger partial charge in [-0.3, -0.25) is 14.5 Å². The van der Waals surface area contributed by atoms with Gasteiger partial charge in [0.05, 0.1) is 11.7 Å². The number of benzene rings is 1. The molecule has 2 N–H and O–H groups in total. The van der Waals surface area contributed by atoms with Gasteiger partial charge in [-0.15, -0.1) is 11.8 Å². The van der Waals surface area contributed by atoms with Crippen LogP contribution in [0.1, 0.15) is 32.1 Å². The number of carbonyl (C=O) groups excluding carboxylic acids is 1. The standard InChI is InChI=1S/C22H30N2O2S.CH2O2/c25-21(16-5-4-6-16)23-13-18-19-14-24(15-22(19)10-9-20(18)26-22)11-12-27-17-7-2-1-3-8-17;2-1-3/h1-3,7-8,16,18-20H,4-6,9-15H2,(H,23,25);1H,(H,2,3)/t18-,19+,20+,22+;/m0./s1. The number of fused-ring (bicyclic) bond motifs is 1. The molecule has 4 aliphatic rings. The number of rotatable bonds is 7. The minimum Gasteiger partial charge on any atom is -0.483 e. The van der Waals surface area contributed by atoms with Crippen molar-refractivity contribution >= 4 is 24.1 Å². The van der Waals surface area contributed by atoms with Gasteiger partial charge in [0, 0.05) is 54.6 Å². The van der Waals surface area contributed by atoms with Crippen molar-refractivity contribution in [3.05, 3.63) is 30.3 Å². The van der Waals surface area contributed by atoms with Crippen LogP contribution in [0, 0.1) is 17.8 Å². The number of nitrogens with zero attached hydrogens (tertiary/aromatic N) is 1. The molecule has 1 aromatic carbocycles. The Morgan fingerprint density at radius 3 is 2.77 bits per heavy atom. The fourth-order valence-electron chi connectivity index (χ4n) is 5.57. The molecule has 1 aromatic rings. The minimum atomic E-state index is -0.250. The topological polar surface area (TPSA) is 78.9 Å². The molecule has 6 nitrogen and oxygen atoms in total. The van der Waals surface area contributed by atoms with Crippen LogP contribution in [0.3, 0.4) is 0 Å². The Hall–Kier alpha value is -1.57. The highest BCUT2D eigenvalue weighted by molar-refractivity contribution is 7.99. The van der Waals surface area contributed by atoms with Crippen LogP contribution in [-0.2, 0) is 14.3 Å². The van der Waals surface area contributed by atoms with Crippen LogP contribution < -0.4 is 5.32 Å². The third-order valence-corrected chi connectivity index (χ3v) is 8.25. The number of amides is 1. The lowest BCUT2D eigenvalue weighted by Gasteiger charge is -2.31. The maximum atomic E-state index is 12.3. The van der Waals surface area contributed by atoms with Gasteiger partial charge in [-0.2, -0.15) is 0 Å². The summed E-state index contributed by atoms with van der Waals surface area (Å²) in [6.45, 7) is 3.90. The monoisotopic (exact) mass is 432 g/mol. The van der Waals surface area contributed by atoms with Crippen molar-refractivity contribution in [2.75, 3.05) is 31.9 Å². The normalized spacial score (nSPS) is 32.1. The smallest absolute Gasteiger partial charge is 0.290 e. The zero-order valence-corrected chi connectivity index (χ0v) is 18.2. The van der Waals surface area contributed by atoms with E-state index in [1.165, 1.54) is 24.2 Å². The first kappa shape index (κ1) is 21.7. The van der Waals surface area contributed by atoms with E-state index in [9.17, 15) is 4.79 Å². The number of carboxylic acid groups (broad SMARTS) is 1. The predicted molar refractivity (Wildman–Crippen MR) is 116 cm³/mol. The van der Waals surface area contributed by atoms with Crippen LogP contribution in [0.2, 0.25) is 0 Å². The second kappa shape index (κ2) is 9.71. The Bertz CT molecular complexity index is 729. The largest absolute Gasteiger partial charge is 0.483 e.